The summed E-state index contributed by atoms with van der Waals surface area (Å²) in [7, 11) is 0. The number of fused-ring (bicyclic) bond motifs is 2. The van der Waals surface area contributed by atoms with Crippen LogP contribution >= 0.6 is 0 Å². The Kier molecular flexibility index (Phi) is 7.46. The second-order valence-electron chi connectivity index (χ2n) is 10.9. The van der Waals surface area contributed by atoms with Crippen molar-refractivity contribution in [2.45, 2.75) is 123 Å². The molecular weight excluding hydrogens is 358 g/mol. The fourth-order valence-corrected chi connectivity index (χ4v) is 5.59. The van der Waals surface area contributed by atoms with Crippen molar-refractivity contribution in [2.75, 3.05) is 6.61 Å². The molecule has 0 amide bonds. The molecule has 0 radical (unpaired) electrons. The van der Waals surface area contributed by atoms with E-state index in [0.29, 0.717) is 0 Å². The highest BCUT2D eigenvalue weighted by Crippen LogP contribution is 2.53. The standard InChI is InChI=1S/C25H45N3O/c1-7-9-10-11-17-25(5,6)29-18-21-19-12-14-22-23(15-13-20(19)21)28(27-26-22)24(3,4)16-8-2/h19-21H,7-18H2,1-6H3/t19-,20+,21-/m0/s1. The van der Waals surface area contributed by atoms with Crippen LogP contribution in [-0.4, -0.2) is 27.2 Å². The lowest BCUT2D eigenvalue weighted by Crippen LogP contribution is -2.29. The minimum atomic E-state index is 0.0286. The molecule has 1 heterocycles. The third-order valence-corrected chi connectivity index (χ3v) is 7.52. The summed E-state index contributed by atoms with van der Waals surface area (Å²) < 4.78 is 8.69. The van der Waals surface area contributed by atoms with Crippen molar-refractivity contribution in [2.24, 2.45) is 17.8 Å². The van der Waals surface area contributed by atoms with Gasteiger partial charge in [-0.1, -0.05) is 51.2 Å². The number of rotatable bonds is 11. The van der Waals surface area contributed by atoms with Crippen LogP contribution in [0, 0.1) is 17.8 Å². The van der Waals surface area contributed by atoms with E-state index < -0.39 is 0 Å². The van der Waals surface area contributed by atoms with Crippen LogP contribution < -0.4 is 0 Å². The van der Waals surface area contributed by atoms with Crippen molar-refractivity contribution in [1.29, 1.82) is 0 Å². The van der Waals surface area contributed by atoms with Crippen LogP contribution in [0.25, 0.3) is 0 Å². The molecule has 4 heteroatoms. The zero-order valence-corrected chi connectivity index (χ0v) is 20.0. The van der Waals surface area contributed by atoms with Crippen molar-refractivity contribution >= 4 is 0 Å². The van der Waals surface area contributed by atoms with Crippen LogP contribution in [0.4, 0.5) is 0 Å². The Labute approximate surface area is 179 Å². The largest absolute Gasteiger partial charge is 0.375 e. The molecule has 2 aliphatic rings. The number of nitrogens with zero attached hydrogens (tertiary/aromatic N) is 3. The Balaban J connectivity index is 1.52. The van der Waals surface area contributed by atoms with Gasteiger partial charge in [-0.15, -0.1) is 5.10 Å². The van der Waals surface area contributed by atoms with E-state index in [1.54, 1.807) is 0 Å². The van der Waals surface area contributed by atoms with Gasteiger partial charge in [-0.2, -0.15) is 0 Å². The second kappa shape index (κ2) is 9.49. The summed E-state index contributed by atoms with van der Waals surface area (Å²) >= 11 is 0. The fourth-order valence-electron chi connectivity index (χ4n) is 5.59. The molecule has 0 aliphatic heterocycles. The molecule has 1 fully saturated rings. The maximum absolute atomic E-state index is 6.44. The summed E-state index contributed by atoms with van der Waals surface area (Å²) in [5.74, 6) is 2.45. The third kappa shape index (κ3) is 5.62. The number of hydrogen-bond acceptors (Lipinski definition) is 3. The summed E-state index contributed by atoms with van der Waals surface area (Å²) in [5.41, 5.74) is 2.77. The predicted octanol–water partition coefficient (Wildman–Crippen LogP) is 6.32. The average molecular weight is 404 g/mol. The van der Waals surface area contributed by atoms with Crippen LogP contribution in [0.15, 0.2) is 0 Å². The molecule has 1 aromatic heterocycles. The maximum Gasteiger partial charge on any atom is 0.0859 e. The quantitative estimate of drug-likeness (QED) is 0.406. The highest BCUT2D eigenvalue weighted by Gasteiger charge is 2.50. The molecule has 0 aromatic carbocycles. The van der Waals surface area contributed by atoms with Gasteiger partial charge < -0.3 is 4.74 Å². The van der Waals surface area contributed by atoms with Gasteiger partial charge in [0.1, 0.15) is 0 Å². The Morgan fingerprint density at radius 3 is 2.34 bits per heavy atom. The Morgan fingerprint density at radius 2 is 1.66 bits per heavy atom. The Hall–Kier alpha value is -0.900. The number of ether oxygens (including phenoxy) is 1. The van der Waals surface area contributed by atoms with E-state index in [4.69, 9.17) is 4.74 Å². The Bertz CT molecular complexity index is 648. The minimum absolute atomic E-state index is 0.0286. The van der Waals surface area contributed by atoms with Crippen molar-refractivity contribution in [3.63, 3.8) is 0 Å². The fraction of sp³-hybridized carbons (Fsp3) is 0.920. The summed E-state index contributed by atoms with van der Waals surface area (Å²) in [5, 5.41) is 9.18. The van der Waals surface area contributed by atoms with Crippen LogP contribution in [0.5, 0.6) is 0 Å². The van der Waals surface area contributed by atoms with Crippen LogP contribution in [0.2, 0.25) is 0 Å². The molecule has 0 spiro atoms. The zero-order valence-electron chi connectivity index (χ0n) is 20.0. The molecular formula is C25H45N3O. The van der Waals surface area contributed by atoms with E-state index in [-0.39, 0.29) is 11.1 Å². The van der Waals surface area contributed by atoms with E-state index in [9.17, 15) is 0 Å². The Morgan fingerprint density at radius 1 is 0.931 bits per heavy atom. The van der Waals surface area contributed by atoms with E-state index in [1.165, 1.54) is 62.8 Å². The minimum Gasteiger partial charge on any atom is -0.375 e. The summed E-state index contributed by atoms with van der Waals surface area (Å²) in [6.07, 6.45) is 13.6. The van der Waals surface area contributed by atoms with Gasteiger partial charge in [-0.25, -0.2) is 4.68 Å². The van der Waals surface area contributed by atoms with Gasteiger partial charge in [0.15, 0.2) is 0 Å². The van der Waals surface area contributed by atoms with Crippen molar-refractivity contribution in [3.05, 3.63) is 11.4 Å². The van der Waals surface area contributed by atoms with E-state index >= 15 is 0 Å². The van der Waals surface area contributed by atoms with Gasteiger partial charge in [0.05, 0.1) is 29.1 Å². The van der Waals surface area contributed by atoms with Crippen LogP contribution in [-0.2, 0) is 23.1 Å². The molecule has 3 rings (SSSR count). The maximum atomic E-state index is 6.44. The molecule has 4 nitrogen and oxygen atoms in total. The van der Waals surface area contributed by atoms with Gasteiger partial charge in [0.25, 0.3) is 0 Å². The normalized spacial score (nSPS) is 24.6. The van der Waals surface area contributed by atoms with E-state index in [2.05, 4.69) is 56.5 Å². The van der Waals surface area contributed by atoms with Gasteiger partial charge in [-0.3, -0.25) is 0 Å². The molecule has 1 saturated carbocycles. The lowest BCUT2D eigenvalue weighted by atomic mass is 9.96. The third-order valence-electron chi connectivity index (χ3n) is 7.52. The molecule has 0 bridgehead atoms. The lowest BCUT2D eigenvalue weighted by molar-refractivity contribution is -0.0333. The van der Waals surface area contributed by atoms with Gasteiger partial charge in [0, 0.05) is 0 Å². The van der Waals surface area contributed by atoms with Gasteiger partial charge in [0.2, 0.25) is 0 Å². The molecule has 2 aliphatic carbocycles. The first-order valence-electron chi connectivity index (χ1n) is 12.4. The average Bonchev–Trinajstić information content (AvgIpc) is 3.13. The van der Waals surface area contributed by atoms with Gasteiger partial charge >= 0.3 is 0 Å². The highest BCUT2D eigenvalue weighted by atomic mass is 16.5. The molecule has 166 valence electrons. The molecule has 0 N–H and O–H groups in total. The van der Waals surface area contributed by atoms with Crippen LogP contribution in [0.1, 0.15) is 111 Å². The summed E-state index contributed by atoms with van der Waals surface area (Å²) in [4.78, 5) is 0. The molecule has 0 saturated heterocycles. The van der Waals surface area contributed by atoms with E-state index in [1.807, 2.05) is 0 Å². The first kappa shape index (κ1) is 22.8. The smallest absolute Gasteiger partial charge is 0.0859 e. The first-order chi connectivity index (χ1) is 13.8. The van der Waals surface area contributed by atoms with Crippen molar-refractivity contribution in [3.8, 4) is 0 Å². The van der Waals surface area contributed by atoms with Crippen molar-refractivity contribution in [1.82, 2.24) is 15.0 Å². The topological polar surface area (TPSA) is 39.9 Å². The molecule has 3 atom stereocenters. The summed E-state index contributed by atoms with van der Waals surface area (Å²) in [6, 6.07) is 0. The SMILES string of the molecule is CCCCCCC(C)(C)OC[C@@H]1[C@@H]2CCc3c(nnn3C(C)(C)CCC)CC[C@@H]21. The van der Waals surface area contributed by atoms with E-state index in [0.717, 1.165) is 43.6 Å². The second-order valence-corrected chi connectivity index (χ2v) is 10.9. The number of aromatic nitrogens is 3. The van der Waals surface area contributed by atoms with Gasteiger partial charge in [-0.05, 0) is 84.0 Å². The number of hydrogen-bond donors (Lipinski definition) is 0. The monoisotopic (exact) mass is 403 g/mol. The number of aryl methyl sites for hydroxylation is 1. The number of unbranched alkanes of at least 4 members (excludes halogenated alkanes) is 3. The highest BCUT2D eigenvalue weighted by molar-refractivity contribution is 5.16. The molecule has 1 aromatic rings. The van der Waals surface area contributed by atoms with Crippen LogP contribution in [0.3, 0.4) is 0 Å². The summed E-state index contributed by atoms with van der Waals surface area (Å²) in [6.45, 7) is 14.7. The predicted molar refractivity (Wildman–Crippen MR) is 120 cm³/mol. The first-order valence-corrected chi connectivity index (χ1v) is 12.4. The van der Waals surface area contributed by atoms with Crippen molar-refractivity contribution < 1.29 is 4.74 Å². The zero-order chi connectivity index (χ0) is 21.1. The molecule has 29 heavy (non-hydrogen) atoms. The molecule has 0 unspecified atom stereocenters. The lowest BCUT2D eigenvalue weighted by Gasteiger charge is -2.27.